The molecule has 0 aliphatic heterocycles. The summed E-state index contributed by atoms with van der Waals surface area (Å²) in [5.41, 5.74) is 0. The molecule has 0 amide bonds. The molecule has 0 aromatic heterocycles. The fourth-order valence-electron chi connectivity index (χ4n) is 2.25. The number of rotatable bonds is 3. The number of hydrogen-bond donors (Lipinski definition) is 0. The zero-order valence-electron chi connectivity index (χ0n) is 8.53. The summed E-state index contributed by atoms with van der Waals surface area (Å²) >= 11 is 0. The Hall–Kier alpha value is -0.600. The summed E-state index contributed by atoms with van der Waals surface area (Å²) in [5, 5.41) is 10.3. The minimum Gasteiger partial charge on any atom is -0.265 e. The molecule has 3 heteroatoms. The zero-order valence-corrected chi connectivity index (χ0v) is 8.53. The van der Waals surface area contributed by atoms with Crippen LogP contribution in [0, 0.1) is 27.9 Å². The van der Waals surface area contributed by atoms with Crippen LogP contribution in [0.5, 0.6) is 0 Å². The second kappa shape index (κ2) is 4.58. The van der Waals surface area contributed by atoms with E-state index in [9.17, 15) is 10.1 Å². The van der Waals surface area contributed by atoms with E-state index in [4.69, 9.17) is 0 Å². The second-order valence-electron chi connectivity index (χ2n) is 4.54. The van der Waals surface area contributed by atoms with Crippen LogP contribution in [0.1, 0.15) is 39.5 Å². The molecule has 1 fully saturated rings. The highest BCUT2D eigenvalue weighted by Crippen LogP contribution is 2.33. The maximum Gasteiger partial charge on any atom is 0.206 e. The first kappa shape index (κ1) is 10.5. The minimum absolute atomic E-state index is 0.166. The molecule has 1 rings (SSSR count). The van der Waals surface area contributed by atoms with Crippen LogP contribution in [0.4, 0.5) is 0 Å². The van der Waals surface area contributed by atoms with Gasteiger partial charge in [-0.05, 0) is 37.5 Å². The van der Waals surface area contributed by atoms with Gasteiger partial charge in [-0.3, -0.25) is 10.1 Å². The Morgan fingerprint density at radius 1 is 1.31 bits per heavy atom. The first-order valence-electron chi connectivity index (χ1n) is 5.21. The Morgan fingerprint density at radius 3 is 2.23 bits per heavy atom. The average molecular weight is 185 g/mol. The van der Waals surface area contributed by atoms with E-state index in [0.29, 0.717) is 5.92 Å². The Morgan fingerprint density at radius 2 is 1.85 bits per heavy atom. The van der Waals surface area contributed by atoms with E-state index in [0.717, 1.165) is 24.7 Å². The fourth-order valence-corrected chi connectivity index (χ4v) is 2.25. The quantitative estimate of drug-likeness (QED) is 0.501. The van der Waals surface area contributed by atoms with Crippen LogP contribution in [0.3, 0.4) is 0 Å². The summed E-state index contributed by atoms with van der Waals surface area (Å²) in [6.07, 6.45) is 4.50. The Labute approximate surface area is 79.7 Å². The van der Waals surface area contributed by atoms with Crippen LogP contribution in [0.25, 0.3) is 0 Å². The molecule has 0 saturated heterocycles. The van der Waals surface area contributed by atoms with Gasteiger partial charge in [-0.25, -0.2) is 0 Å². The van der Waals surface area contributed by atoms with Crippen molar-refractivity contribution in [2.24, 2.45) is 17.8 Å². The van der Waals surface area contributed by atoms with E-state index in [1.807, 2.05) is 0 Å². The van der Waals surface area contributed by atoms with Crippen molar-refractivity contribution in [3.8, 4) is 0 Å². The van der Waals surface area contributed by atoms with Crippen LogP contribution < -0.4 is 0 Å². The number of nitrogens with zero attached hydrogens (tertiary/aromatic N) is 1. The normalized spacial score (nSPS) is 29.2. The summed E-state index contributed by atoms with van der Waals surface area (Å²) in [6, 6.07) is 0. The van der Waals surface area contributed by atoms with Gasteiger partial charge in [-0.2, -0.15) is 0 Å². The SMILES string of the molecule is CC(C)C1CCC(C[N+](=O)[O-])CC1. The summed E-state index contributed by atoms with van der Waals surface area (Å²) in [5.74, 6) is 1.91. The van der Waals surface area contributed by atoms with Crippen molar-refractivity contribution in [3.63, 3.8) is 0 Å². The lowest BCUT2D eigenvalue weighted by molar-refractivity contribution is -0.489. The van der Waals surface area contributed by atoms with E-state index in [-0.39, 0.29) is 11.5 Å². The van der Waals surface area contributed by atoms with Crippen molar-refractivity contribution >= 4 is 0 Å². The van der Waals surface area contributed by atoms with Crippen LogP contribution in [-0.4, -0.2) is 11.5 Å². The molecule has 0 spiro atoms. The number of hydrogen-bond acceptors (Lipinski definition) is 2. The van der Waals surface area contributed by atoms with E-state index in [1.165, 1.54) is 12.8 Å². The minimum atomic E-state index is -0.166. The van der Waals surface area contributed by atoms with Gasteiger partial charge in [0.05, 0.1) is 0 Å². The van der Waals surface area contributed by atoms with Gasteiger partial charge in [0.1, 0.15) is 0 Å². The fraction of sp³-hybridized carbons (Fsp3) is 1.00. The number of nitro groups is 1. The molecular weight excluding hydrogens is 166 g/mol. The third-order valence-electron chi connectivity index (χ3n) is 3.24. The van der Waals surface area contributed by atoms with Crippen LogP contribution in [0.15, 0.2) is 0 Å². The highest BCUT2D eigenvalue weighted by molar-refractivity contribution is 4.73. The summed E-state index contributed by atoms with van der Waals surface area (Å²) in [6.45, 7) is 4.68. The van der Waals surface area contributed by atoms with Crippen molar-refractivity contribution in [3.05, 3.63) is 10.1 Å². The van der Waals surface area contributed by atoms with E-state index in [1.54, 1.807) is 0 Å². The first-order valence-corrected chi connectivity index (χ1v) is 5.21. The largest absolute Gasteiger partial charge is 0.265 e. The van der Waals surface area contributed by atoms with Gasteiger partial charge >= 0.3 is 0 Å². The van der Waals surface area contributed by atoms with Crippen LogP contribution in [0.2, 0.25) is 0 Å². The smallest absolute Gasteiger partial charge is 0.206 e. The molecule has 1 aliphatic rings. The van der Waals surface area contributed by atoms with Crippen molar-refractivity contribution < 1.29 is 4.92 Å². The molecule has 0 unspecified atom stereocenters. The van der Waals surface area contributed by atoms with E-state index in [2.05, 4.69) is 13.8 Å². The third kappa shape index (κ3) is 3.33. The molecular formula is C10H19NO2. The van der Waals surface area contributed by atoms with Crippen molar-refractivity contribution in [2.45, 2.75) is 39.5 Å². The summed E-state index contributed by atoms with van der Waals surface area (Å²) in [4.78, 5) is 10.1. The molecule has 1 saturated carbocycles. The third-order valence-corrected chi connectivity index (χ3v) is 3.24. The standard InChI is InChI=1S/C10H19NO2/c1-8(2)10-5-3-9(4-6-10)7-11(12)13/h8-10H,3-7H2,1-2H3. The second-order valence-corrected chi connectivity index (χ2v) is 4.54. The lowest BCUT2D eigenvalue weighted by Gasteiger charge is -2.28. The molecule has 0 radical (unpaired) electrons. The summed E-state index contributed by atoms with van der Waals surface area (Å²) < 4.78 is 0. The van der Waals surface area contributed by atoms with Crippen LogP contribution >= 0.6 is 0 Å². The van der Waals surface area contributed by atoms with Gasteiger partial charge in [0.25, 0.3) is 0 Å². The highest BCUT2D eigenvalue weighted by Gasteiger charge is 2.25. The monoisotopic (exact) mass is 185 g/mol. The predicted octanol–water partition coefficient (Wildman–Crippen LogP) is 2.73. The molecule has 0 N–H and O–H groups in total. The van der Waals surface area contributed by atoms with Gasteiger partial charge in [0.2, 0.25) is 6.54 Å². The highest BCUT2D eigenvalue weighted by atomic mass is 16.6. The van der Waals surface area contributed by atoms with E-state index >= 15 is 0 Å². The van der Waals surface area contributed by atoms with Gasteiger partial charge < -0.3 is 0 Å². The molecule has 1 aliphatic carbocycles. The lowest BCUT2D eigenvalue weighted by atomic mass is 9.77. The van der Waals surface area contributed by atoms with Crippen molar-refractivity contribution in [2.75, 3.05) is 6.54 Å². The predicted molar refractivity (Wildman–Crippen MR) is 52.1 cm³/mol. The Bertz CT molecular complexity index is 172. The van der Waals surface area contributed by atoms with Gasteiger partial charge in [-0.15, -0.1) is 0 Å². The van der Waals surface area contributed by atoms with Gasteiger partial charge in [0.15, 0.2) is 0 Å². The molecule has 76 valence electrons. The maximum absolute atomic E-state index is 10.3. The molecule has 0 aromatic carbocycles. The molecule has 13 heavy (non-hydrogen) atoms. The lowest BCUT2D eigenvalue weighted by Crippen LogP contribution is -2.23. The topological polar surface area (TPSA) is 43.1 Å². The Balaban J connectivity index is 2.26. The van der Waals surface area contributed by atoms with Crippen molar-refractivity contribution in [1.82, 2.24) is 0 Å². The Kier molecular flexibility index (Phi) is 3.70. The average Bonchev–Trinajstić information content (AvgIpc) is 2.04. The van der Waals surface area contributed by atoms with Crippen molar-refractivity contribution in [1.29, 1.82) is 0 Å². The molecule has 0 atom stereocenters. The zero-order chi connectivity index (χ0) is 9.84. The molecule has 3 nitrogen and oxygen atoms in total. The molecule has 0 aromatic rings. The summed E-state index contributed by atoms with van der Waals surface area (Å²) in [7, 11) is 0. The molecule has 0 bridgehead atoms. The van der Waals surface area contributed by atoms with Crippen LogP contribution in [-0.2, 0) is 0 Å². The molecule has 0 heterocycles. The van der Waals surface area contributed by atoms with E-state index < -0.39 is 0 Å². The maximum atomic E-state index is 10.3. The van der Waals surface area contributed by atoms with Gasteiger partial charge in [0, 0.05) is 10.8 Å². The first-order chi connectivity index (χ1) is 6.09. The van der Waals surface area contributed by atoms with Gasteiger partial charge in [-0.1, -0.05) is 13.8 Å².